The summed E-state index contributed by atoms with van der Waals surface area (Å²) in [6.45, 7) is 2.43. The topological polar surface area (TPSA) is 74.2 Å². The minimum absolute atomic E-state index is 0.0519. The van der Waals surface area contributed by atoms with Gasteiger partial charge in [0.1, 0.15) is 5.54 Å². The summed E-state index contributed by atoms with van der Waals surface area (Å²) in [6.07, 6.45) is 3.36. The Morgan fingerprint density at radius 2 is 2.17 bits per heavy atom. The lowest BCUT2D eigenvalue weighted by Crippen LogP contribution is -2.47. The molecule has 5 nitrogen and oxygen atoms in total. The van der Waals surface area contributed by atoms with E-state index >= 15 is 0 Å². The molecule has 124 valence electrons. The standard InChI is InChI=1S/C16H19BrClN3O2/c1-2-23-15-12(17)7-11(18)8-13(15)20-9-14(22)21-16(10-19)5-3-4-6-16/h7-8,20H,2-6,9H2,1H3,(H,21,22). The molecule has 0 unspecified atom stereocenters. The van der Waals surface area contributed by atoms with Gasteiger partial charge in [0.15, 0.2) is 5.75 Å². The number of nitrogens with zero attached hydrogens (tertiary/aromatic N) is 1. The second-order valence-electron chi connectivity index (χ2n) is 5.50. The van der Waals surface area contributed by atoms with Gasteiger partial charge >= 0.3 is 0 Å². The van der Waals surface area contributed by atoms with Crippen LogP contribution in [0.25, 0.3) is 0 Å². The minimum atomic E-state index is -0.712. The highest BCUT2D eigenvalue weighted by atomic mass is 79.9. The number of rotatable bonds is 6. The summed E-state index contributed by atoms with van der Waals surface area (Å²) in [4.78, 5) is 12.2. The zero-order valence-electron chi connectivity index (χ0n) is 12.9. The van der Waals surface area contributed by atoms with E-state index in [1.165, 1.54) is 0 Å². The maximum absolute atomic E-state index is 12.2. The summed E-state index contributed by atoms with van der Waals surface area (Å²) < 4.78 is 6.30. The first-order valence-corrected chi connectivity index (χ1v) is 8.75. The first kappa shape index (κ1) is 17.9. The molecule has 1 aromatic rings. The number of benzene rings is 1. The van der Waals surface area contributed by atoms with Crippen molar-refractivity contribution in [3.63, 3.8) is 0 Å². The van der Waals surface area contributed by atoms with E-state index in [0.29, 0.717) is 35.9 Å². The number of ether oxygens (including phenoxy) is 1. The van der Waals surface area contributed by atoms with E-state index in [2.05, 4.69) is 32.6 Å². The fraction of sp³-hybridized carbons (Fsp3) is 0.500. The smallest absolute Gasteiger partial charge is 0.240 e. The average Bonchev–Trinajstić information content (AvgIpc) is 2.97. The van der Waals surface area contributed by atoms with Gasteiger partial charge in [-0.05, 0) is 60.7 Å². The quantitative estimate of drug-likeness (QED) is 0.760. The van der Waals surface area contributed by atoms with E-state index in [4.69, 9.17) is 16.3 Å². The Morgan fingerprint density at radius 3 is 2.78 bits per heavy atom. The molecule has 0 bridgehead atoms. The van der Waals surface area contributed by atoms with Gasteiger partial charge in [0.25, 0.3) is 0 Å². The number of hydrogen-bond donors (Lipinski definition) is 2. The van der Waals surface area contributed by atoms with E-state index in [-0.39, 0.29) is 12.5 Å². The third-order valence-corrected chi connectivity index (χ3v) is 4.59. The van der Waals surface area contributed by atoms with Crippen LogP contribution < -0.4 is 15.4 Å². The molecule has 0 heterocycles. The maximum Gasteiger partial charge on any atom is 0.240 e. The fourth-order valence-electron chi connectivity index (χ4n) is 2.71. The lowest BCUT2D eigenvalue weighted by atomic mass is 10.00. The van der Waals surface area contributed by atoms with Crippen LogP contribution in [0.3, 0.4) is 0 Å². The van der Waals surface area contributed by atoms with Gasteiger partial charge in [0.05, 0.1) is 29.4 Å². The molecular formula is C16H19BrClN3O2. The highest BCUT2D eigenvalue weighted by Crippen LogP contribution is 2.36. The fourth-order valence-corrected chi connectivity index (χ4v) is 3.64. The Hall–Kier alpha value is -1.45. The van der Waals surface area contributed by atoms with Gasteiger partial charge in [0, 0.05) is 5.02 Å². The highest BCUT2D eigenvalue weighted by molar-refractivity contribution is 9.10. The molecule has 0 atom stereocenters. The van der Waals surface area contributed by atoms with Crippen molar-refractivity contribution in [3.8, 4) is 11.8 Å². The van der Waals surface area contributed by atoms with E-state index in [1.807, 2.05) is 6.92 Å². The SMILES string of the molecule is CCOc1c(Br)cc(Cl)cc1NCC(=O)NC1(C#N)CCCC1. The Balaban J connectivity index is 2.03. The van der Waals surface area contributed by atoms with Crippen LogP contribution in [0.2, 0.25) is 5.02 Å². The molecule has 0 saturated heterocycles. The summed E-state index contributed by atoms with van der Waals surface area (Å²) in [5, 5.41) is 15.7. The van der Waals surface area contributed by atoms with Crippen LogP contribution in [0.5, 0.6) is 5.75 Å². The number of amides is 1. The van der Waals surface area contributed by atoms with Gasteiger partial charge in [0.2, 0.25) is 5.91 Å². The molecule has 2 rings (SSSR count). The van der Waals surface area contributed by atoms with Crippen molar-refractivity contribution in [2.75, 3.05) is 18.5 Å². The lowest BCUT2D eigenvalue weighted by molar-refractivity contribution is -0.120. The van der Waals surface area contributed by atoms with Gasteiger partial charge in [-0.3, -0.25) is 4.79 Å². The molecule has 1 aromatic carbocycles. The average molecular weight is 401 g/mol. The van der Waals surface area contributed by atoms with Crippen molar-refractivity contribution in [1.29, 1.82) is 5.26 Å². The summed E-state index contributed by atoms with van der Waals surface area (Å²) in [7, 11) is 0. The lowest BCUT2D eigenvalue weighted by Gasteiger charge is -2.22. The monoisotopic (exact) mass is 399 g/mol. The molecule has 1 saturated carbocycles. The molecule has 23 heavy (non-hydrogen) atoms. The van der Waals surface area contributed by atoms with Gasteiger partial charge in [-0.1, -0.05) is 11.6 Å². The Labute approximate surface area is 149 Å². The first-order chi connectivity index (χ1) is 11.0. The summed E-state index contributed by atoms with van der Waals surface area (Å²) in [5.41, 5.74) is -0.0741. The van der Waals surface area contributed by atoms with Crippen LogP contribution in [0, 0.1) is 11.3 Å². The molecule has 0 radical (unpaired) electrons. The molecule has 1 aliphatic rings. The van der Waals surface area contributed by atoms with Crippen LogP contribution in [-0.2, 0) is 4.79 Å². The van der Waals surface area contributed by atoms with Crippen LogP contribution in [0.1, 0.15) is 32.6 Å². The van der Waals surface area contributed by atoms with Gasteiger partial charge in [-0.15, -0.1) is 0 Å². The molecular weight excluding hydrogens is 382 g/mol. The molecule has 1 fully saturated rings. The maximum atomic E-state index is 12.2. The van der Waals surface area contributed by atoms with Crippen molar-refractivity contribution < 1.29 is 9.53 Å². The number of nitrogens with one attached hydrogen (secondary N) is 2. The van der Waals surface area contributed by atoms with Crippen molar-refractivity contribution >= 4 is 39.1 Å². The van der Waals surface area contributed by atoms with Crippen LogP contribution in [0.4, 0.5) is 5.69 Å². The highest BCUT2D eigenvalue weighted by Gasteiger charge is 2.35. The molecule has 0 spiro atoms. The first-order valence-electron chi connectivity index (χ1n) is 7.57. The molecule has 1 aliphatic carbocycles. The van der Waals surface area contributed by atoms with E-state index in [1.54, 1.807) is 12.1 Å². The third-order valence-electron chi connectivity index (χ3n) is 3.79. The van der Waals surface area contributed by atoms with E-state index < -0.39 is 5.54 Å². The van der Waals surface area contributed by atoms with Crippen molar-refractivity contribution in [3.05, 3.63) is 21.6 Å². The number of nitriles is 1. The molecule has 2 N–H and O–H groups in total. The van der Waals surface area contributed by atoms with Gasteiger partial charge in [-0.2, -0.15) is 5.26 Å². The number of halogens is 2. The normalized spacial score (nSPS) is 15.7. The predicted molar refractivity (Wildman–Crippen MR) is 93.8 cm³/mol. The summed E-state index contributed by atoms with van der Waals surface area (Å²) in [6, 6.07) is 5.69. The van der Waals surface area contributed by atoms with Gasteiger partial charge in [-0.25, -0.2) is 0 Å². The van der Waals surface area contributed by atoms with Crippen LogP contribution >= 0.6 is 27.5 Å². The van der Waals surface area contributed by atoms with E-state index in [9.17, 15) is 10.1 Å². The van der Waals surface area contributed by atoms with Crippen molar-refractivity contribution in [1.82, 2.24) is 5.32 Å². The molecule has 1 amide bonds. The number of carbonyl (C=O) groups is 1. The zero-order chi connectivity index (χ0) is 16.9. The molecule has 0 aromatic heterocycles. The van der Waals surface area contributed by atoms with Gasteiger partial charge < -0.3 is 15.4 Å². The predicted octanol–water partition coefficient (Wildman–Crippen LogP) is 3.87. The number of carbonyl (C=O) groups excluding carboxylic acids is 1. The largest absolute Gasteiger partial charge is 0.491 e. The Kier molecular flexibility index (Phi) is 6.14. The Morgan fingerprint density at radius 1 is 1.48 bits per heavy atom. The zero-order valence-corrected chi connectivity index (χ0v) is 15.3. The third kappa shape index (κ3) is 4.52. The number of anilines is 1. The van der Waals surface area contributed by atoms with Crippen molar-refractivity contribution in [2.45, 2.75) is 38.1 Å². The summed E-state index contributed by atoms with van der Waals surface area (Å²) >= 11 is 9.45. The molecule has 7 heteroatoms. The van der Waals surface area contributed by atoms with Crippen LogP contribution in [-0.4, -0.2) is 24.6 Å². The second kappa shape index (κ2) is 7.89. The second-order valence-corrected chi connectivity index (χ2v) is 6.79. The summed E-state index contributed by atoms with van der Waals surface area (Å²) in [5.74, 6) is 0.396. The number of hydrogen-bond acceptors (Lipinski definition) is 4. The minimum Gasteiger partial charge on any atom is -0.491 e. The molecule has 0 aliphatic heterocycles. The Bertz CT molecular complexity index is 624. The van der Waals surface area contributed by atoms with Crippen molar-refractivity contribution in [2.24, 2.45) is 0 Å². The van der Waals surface area contributed by atoms with E-state index in [0.717, 1.165) is 17.3 Å². The van der Waals surface area contributed by atoms with Crippen LogP contribution in [0.15, 0.2) is 16.6 Å².